The third-order valence-electron chi connectivity index (χ3n) is 2.99. The summed E-state index contributed by atoms with van der Waals surface area (Å²) in [5, 5.41) is 0. The molecule has 70 valence electrons. The van der Waals surface area contributed by atoms with Crippen LogP contribution in [-0.2, 0) is 0 Å². The summed E-state index contributed by atoms with van der Waals surface area (Å²) in [6.07, 6.45) is 1.90. The van der Waals surface area contributed by atoms with E-state index in [2.05, 4.69) is 4.90 Å². The summed E-state index contributed by atoms with van der Waals surface area (Å²) in [7, 11) is 0. The Kier molecular flexibility index (Phi) is 2.31. The van der Waals surface area contributed by atoms with Gasteiger partial charge >= 0.3 is 0 Å². The van der Waals surface area contributed by atoms with Crippen molar-refractivity contribution in [3.63, 3.8) is 0 Å². The van der Waals surface area contributed by atoms with E-state index < -0.39 is 6.43 Å². The third-order valence-corrected chi connectivity index (χ3v) is 2.99. The van der Waals surface area contributed by atoms with Crippen molar-refractivity contribution < 1.29 is 8.78 Å². The molecule has 1 nitrogen and oxygen atoms in total. The smallest absolute Gasteiger partial charge is 0.241 e. The van der Waals surface area contributed by atoms with Gasteiger partial charge in [0, 0.05) is 12.0 Å². The van der Waals surface area contributed by atoms with Crippen LogP contribution in [0.2, 0.25) is 0 Å². The molecule has 2 fully saturated rings. The predicted molar refractivity (Wildman–Crippen MR) is 43.3 cm³/mol. The number of alkyl halides is 2. The van der Waals surface area contributed by atoms with Crippen LogP contribution in [0.15, 0.2) is 0 Å². The fourth-order valence-electron chi connectivity index (χ4n) is 1.98. The van der Waals surface area contributed by atoms with E-state index in [1.165, 1.54) is 12.8 Å². The lowest BCUT2D eigenvalue weighted by Gasteiger charge is -2.31. The van der Waals surface area contributed by atoms with Crippen molar-refractivity contribution >= 4 is 0 Å². The number of nitrogens with zero attached hydrogens (tertiary/aromatic N) is 1. The first-order valence-corrected chi connectivity index (χ1v) is 4.79. The second-order valence-electron chi connectivity index (χ2n) is 3.94. The Morgan fingerprint density at radius 2 is 1.58 bits per heavy atom. The Hall–Kier alpha value is -0.180. The van der Waals surface area contributed by atoms with Gasteiger partial charge in [0.15, 0.2) is 0 Å². The number of likely N-dealkylation sites (tertiary alicyclic amines) is 1. The monoisotopic (exact) mass is 175 g/mol. The van der Waals surface area contributed by atoms with Gasteiger partial charge in [0.05, 0.1) is 0 Å². The van der Waals surface area contributed by atoms with Crippen molar-refractivity contribution in [3.05, 3.63) is 0 Å². The second-order valence-corrected chi connectivity index (χ2v) is 3.94. The molecule has 0 unspecified atom stereocenters. The average molecular weight is 175 g/mol. The molecule has 1 heterocycles. The van der Waals surface area contributed by atoms with Crippen molar-refractivity contribution in [2.75, 3.05) is 13.1 Å². The van der Waals surface area contributed by atoms with E-state index in [9.17, 15) is 8.78 Å². The van der Waals surface area contributed by atoms with E-state index >= 15 is 0 Å². The number of hydrogen-bond acceptors (Lipinski definition) is 1. The maximum absolute atomic E-state index is 12.2. The van der Waals surface area contributed by atoms with Crippen LogP contribution < -0.4 is 0 Å². The molecule has 0 atom stereocenters. The van der Waals surface area contributed by atoms with Gasteiger partial charge in [-0.2, -0.15) is 0 Å². The summed E-state index contributed by atoms with van der Waals surface area (Å²) in [5.74, 6) is -0.319. The maximum atomic E-state index is 12.2. The quantitative estimate of drug-likeness (QED) is 0.621. The maximum Gasteiger partial charge on any atom is 0.241 e. The first-order valence-electron chi connectivity index (χ1n) is 4.79. The lowest BCUT2D eigenvalue weighted by Crippen LogP contribution is -2.37. The lowest BCUT2D eigenvalue weighted by molar-refractivity contribution is 0.0334. The third kappa shape index (κ3) is 1.76. The Morgan fingerprint density at radius 3 is 2.00 bits per heavy atom. The van der Waals surface area contributed by atoms with Crippen molar-refractivity contribution in [2.45, 2.75) is 38.2 Å². The predicted octanol–water partition coefficient (Wildman–Crippen LogP) is 2.13. The topological polar surface area (TPSA) is 3.24 Å². The highest BCUT2D eigenvalue weighted by molar-refractivity contribution is 4.87. The Bertz CT molecular complexity index is 139. The van der Waals surface area contributed by atoms with Gasteiger partial charge in [0.2, 0.25) is 6.43 Å². The SMILES string of the molecule is FC(F)C1CCN(C2CC2)CC1. The molecule has 12 heavy (non-hydrogen) atoms. The summed E-state index contributed by atoms with van der Waals surface area (Å²) in [5.41, 5.74) is 0. The minimum Gasteiger partial charge on any atom is -0.300 e. The normalized spacial score (nSPS) is 28.2. The molecule has 0 aromatic heterocycles. The Morgan fingerprint density at radius 1 is 1.00 bits per heavy atom. The van der Waals surface area contributed by atoms with Crippen LogP contribution in [-0.4, -0.2) is 30.5 Å². The van der Waals surface area contributed by atoms with Crippen LogP contribution in [0.1, 0.15) is 25.7 Å². The van der Waals surface area contributed by atoms with Gasteiger partial charge in [0.1, 0.15) is 0 Å². The van der Waals surface area contributed by atoms with E-state index in [-0.39, 0.29) is 5.92 Å². The Labute approximate surface area is 71.7 Å². The molecule has 1 aliphatic heterocycles. The highest BCUT2D eigenvalue weighted by atomic mass is 19.3. The fraction of sp³-hybridized carbons (Fsp3) is 1.00. The van der Waals surface area contributed by atoms with Crippen LogP contribution in [0.3, 0.4) is 0 Å². The molecule has 2 aliphatic rings. The first-order chi connectivity index (χ1) is 5.77. The van der Waals surface area contributed by atoms with Crippen molar-refractivity contribution in [1.29, 1.82) is 0 Å². The van der Waals surface area contributed by atoms with E-state index in [0.717, 1.165) is 19.1 Å². The summed E-state index contributed by atoms with van der Waals surface area (Å²) >= 11 is 0. The molecule has 0 N–H and O–H groups in total. The highest BCUT2D eigenvalue weighted by Gasteiger charge is 2.33. The van der Waals surface area contributed by atoms with Gasteiger partial charge in [-0.05, 0) is 38.8 Å². The molecular weight excluding hydrogens is 160 g/mol. The number of hydrogen-bond donors (Lipinski definition) is 0. The minimum atomic E-state index is -2.09. The van der Waals surface area contributed by atoms with Gasteiger partial charge < -0.3 is 4.90 Å². The molecule has 0 bridgehead atoms. The second kappa shape index (κ2) is 3.29. The van der Waals surface area contributed by atoms with Crippen LogP contribution in [0.5, 0.6) is 0 Å². The van der Waals surface area contributed by atoms with Crippen LogP contribution >= 0.6 is 0 Å². The van der Waals surface area contributed by atoms with Gasteiger partial charge in [0.25, 0.3) is 0 Å². The van der Waals surface area contributed by atoms with Crippen molar-refractivity contribution in [2.24, 2.45) is 5.92 Å². The Balaban J connectivity index is 1.76. The van der Waals surface area contributed by atoms with E-state index in [4.69, 9.17) is 0 Å². The first kappa shape index (κ1) is 8.42. The summed E-state index contributed by atoms with van der Waals surface area (Å²) in [6, 6.07) is 0.753. The highest BCUT2D eigenvalue weighted by Crippen LogP contribution is 2.32. The lowest BCUT2D eigenvalue weighted by atomic mass is 9.97. The molecule has 3 heteroatoms. The largest absolute Gasteiger partial charge is 0.300 e. The van der Waals surface area contributed by atoms with Gasteiger partial charge in [-0.1, -0.05) is 0 Å². The summed E-state index contributed by atoms with van der Waals surface area (Å²) < 4.78 is 24.5. The summed E-state index contributed by atoms with van der Waals surface area (Å²) in [4.78, 5) is 2.37. The van der Waals surface area contributed by atoms with Gasteiger partial charge in [-0.15, -0.1) is 0 Å². The van der Waals surface area contributed by atoms with Crippen LogP contribution in [0.4, 0.5) is 8.78 Å². The standard InChI is InChI=1S/C9H15F2N/c10-9(11)7-3-5-12(6-4-7)8-1-2-8/h7-9H,1-6H2. The average Bonchev–Trinajstić information content (AvgIpc) is 2.87. The van der Waals surface area contributed by atoms with Gasteiger partial charge in [-0.3, -0.25) is 0 Å². The fourth-order valence-corrected chi connectivity index (χ4v) is 1.98. The molecule has 1 saturated carbocycles. The minimum absolute atomic E-state index is 0.319. The molecule has 0 radical (unpaired) electrons. The van der Waals surface area contributed by atoms with Crippen molar-refractivity contribution in [1.82, 2.24) is 4.90 Å². The zero-order valence-corrected chi connectivity index (χ0v) is 7.18. The van der Waals surface area contributed by atoms with Crippen LogP contribution in [0.25, 0.3) is 0 Å². The molecule has 1 saturated heterocycles. The molecule has 0 aromatic carbocycles. The van der Waals surface area contributed by atoms with E-state index in [1.54, 1.807) is 0 Å². The molecular formula is C9H15F2N. The molecule has 1 aliphatic carbocycles. The molecule has 0 aromatic rings. The number of halogens is 2. The molecule has 0 spiro atoms. The van der Waals surface area contributed by atoms with E-state index in [1.807, 2.05) is 0 Å². The number of piperidine rings is 1. The zero-order valence-electron chi connectivity index (χ0n) is 7.18. The molecule has 0 amide bonds. The van der Waals surface area contributed by atoms with Crippen molar-refractivity contribution in [3.8, 4) is 0 Å². The number of rotatable bonds is 2. The summed E-state index contributed by atoms with van der Waals surface area (Å²) in [6.45, 7) is 1.80. The molecule has 2 rings (SSSR count). The zero-order chi connectivity index (χ0) is 8.55. The van der Waals surface area contributed by atoms with Gasteiger partial charge in [-0.25, -0.2) is 8.78 Å². The van der Waals surface area contributed by atoms with Crippen LogP contribution in [0, 0.1) is 5.92 Å². The van der Waals surface area contributed by atoms with E-state index in [0.29, 0.717) is 12.8 Å².